The van der Waals surface area contributed by atoms with Crippen LogP contribution in [0.25, 0.3) is 0 Å². The highest BCUT2D eigenvalue weighted by atomic mass is 15.3. The molecular formula is C16H23N3. The van der Waals surface area contributed by atoms with Crippen LogP contribution in [0, 0.1) is 17.8 Å². The van der Waals surface area contributed by atoms with Crippen molar-refractivity contribution in [3.8, 4) is 0 Å². The molecule has 1 heterocycles. The quantitative estimate of drug-likeness (QED) is 0.815. The lowest BCUT2D eigenvalue weighted by molar-refractivity contribution is -0.0108. The molecule has 5 aliphatic rings. The Morgan fingerprint density at radius 1 is 0.947 bits per heavy atom. The summed E-state index contributed by atoms with van der Waals surface area (Å²) in [5.41, 5.74) is 0.406. The number of nitrogens with zero attached hydrogens (tertiary/aromatic N) is 3. The zero-order valence-corrected chi connectivity index (χ0v) is 11.8. The van der Waals surface area contributed by atoms with E-state index in [2.05, 4.69) is 21.8 Å². The molecule has 5 saturated carbocycles. The predicted molar refractivity (Wildman–Crippen MR) is 72.8 cm³/mol. The van der Waals surface area contributed by atoms with E-state index in [-0.39, 0.29) is 0 Å². The van der Waals surface area contributed by atoms with Crippen molar-refractivity contribution in [2.45, 2.75) is 62.7 Å². The molecule has 3 heteroatoms. The van der Waals surface area contributed by atoms with Gasteiger partial charge in [-0.05, 0) is 69.1 Å². The van der Waals surface area contributed by atoms with Crippen LogP contribution in [0.15, 0.2) is 0 Å². The highest BCUT2D eigenvalue weighted by molar-refractivity contribution is 5.20. The van der Waals surface area contributed by atoms with Crippen molar-refractivity contribution < 1.29 is 0 Å². The standard InChI is InChI=1S/C16H23N3/c1-19-14(13-2-3-13)17-18-15(19)16-7-10-4-11(8-16)6-12(5-10)9-16/h10-13H,2-9H2,1H3. The highest BCUT2D eigenvalue weighted by Crippen LogP contribution is 2.60. The van der Waals surface area contributed by atoms with Gasteiger partial charge in [0.05, 0.1) is 0 Å². The lowest BCUT2D eigenvalue weighted by Crippen LogP contribution is -2.49. The molecular weight excluding hydrogens is 234 g/mol. The van der Waals surface area contributed by atoms with Gasteiger partial charge >= 0.3 is 0 Å². The molecule has 3 nitrogen and oxygen atoms in total. The van der Waals surface area contributed by atoms with Crippen LogP contribution in [-0.4, -0.2) is 14.8 Å². The van der Waals surface area contributed by atoms with Crippen LogP contribution in [0.3, 0.4) is 0 Å². The SMILES string of the molecule is Cn1c(C2CC2)nnc1C12CC3CC(CC(C3)C1)C2. The van der Waals surface area contributed by atoms with Gasteiger partial charge in [-0.2, -0.15) is 0 Å². The third-order valence-corrected chi connectivity index (χ3v) is 6.36. The Kier molecular flexibility index (Phi) is 1.96. The summed E-state index contributed by atoms with van der Waals surface area (Å²) >= 11 is 0. The van der Waals surface area contributed by atoms with Crippen LogP contribution in [0.4, 0.5) is 0 Å². The first-order valence-corrected chi connectivity index (χ1v) is 8.13. The summed E-state index contributed by atoms with van der Waals surface area (Å²) in [4.78, 5) is 0. The number of hydrogen-bond acceptors (Lipinski definition) is 2. The first-order valence-electron chi connectivity index (χ1n) is 8.13. The second-order valence-corrected chi connectivity index (χ2v) is 7.91. The smallest absolute Gasteiger partial charge is 0.139 e. The van der Waals surface area contributed by atoms with Gasteiger partial charge in [-0.1, -0.05) is 0 Å². The van der Waals surface area contributed by atoms with E-state index in [9.17, 15) is 0 Å². The lowest BCUT2D eigenvalue weighted by Gasteiger charge is -2.56. The molecule has 6 rings (SSSR count). The zero-order valence-electron chi connectivity index (χ0n) is 11.8. The summed E-state index contributed by atoms with van der Waals surface area (Å²) in [5.74, 6) is 6.31. The van der Waals surface area contributed by atoms with Gasteiger partial charge in [-0.3, -0.25) is 0 Å². The van der Waals surface area contributed by atoms with Gasteiger partial charge in [0.2, 0.25) is 0 Å². The van der Waals surface area contributed by atoms with Crippen molar-refractivity contribution in [3.63, 3.8) is 0 Å². The molecule has 0 spiro atoms. The van der Waals surface area contributed by atoms with Crippen molar-refractivity contribution in [2.24, 2.45) is 24.8 Å². The first-order chi connectivity index (χ1) is 9.23. The Morgan fingerprint density at radius 2 is 1.53 bits per heavy atom. The van der Waals surface area contributed by atoms with E-state index in [4.69, 9.17) is 0 Å². The monoisotopic (exact) mass is 257 g/mol. The second kappa shape index (κ2) is 3.42. The van der Waals surface area contributed by atoms with Crippen LogP contribution in [0.5, 0.6) is 0 Å². The van der Waals surface area contributed by atoms with Crippen LogP contribution in [0.2, 0.25) is 0 Å². The fraction of sp³-hybridized carbons (Fsp3) is 0.875. The Morgan fingerprint density at radius 3 is 2.05 bits per heavy atom. The number of rotatable bonds is 2. The molecule has 0 saturated heterocycles. The second-order valence-electron chi connectivity index (χ2n) is 7.91. The highest BCUT2D eigenvalue weighted by Gasteiger charge is 2.54. The van der Waals surface area contributed by atoms with E-state index < -0.39 is 0 Å². The normalized spacial score (nSPS) is 43.9. The summed E-state index contributed by atoms with van der Waals surface area (Å²) in [5, 5.41) is 9.23. The van der Waals surface area contributed by atoms with E-state index >= 15 is 0 Å². The first kappa shape index (κ1) is 10.9. The Labute approximate surface area is 114 Å². The lowest BCUT2D eigenvalue weighted by atomic mass is 9.49. The minimum atomic E-state index is 0.406. The molecule has 0 unspecified atom stereocenters. The third-order valence-electron chi connectivity index (χ3n) is 6.36. The Bertz CT molecular complexity index is 491. The minimum Gasteiger partial charge on any atom is -0.317 e. The summed E-state index contributed by atoms with van der Waals surface area (Å²) in [7, 11) is 2.22. The molecule has 0 N–H and O–H groups in total. The van der Waals surface area contributed by atoms with E-state index in [1.807, 2.05) is 0 Å². The van der Waals surface area contributed by atoms with E-state index in [0.29, 0.717) is 5.41 Å². The zero-order chi connectivity index (χ0) is 12.6. The fourth-order valence-electron chi connectivity index (χ4n) is 5.88. The summed E-state index contributed by atoms with van der Waals surface area (Å²) in [6.45, 7) is 0. The van der Waals surface area contributed by atoms with E-state index in [1.54, 1.807) is 0 Å². The van der Waals surface area contributed by atoms with Gasteiger partial charge in [-0.15, -0.1) is 10.2 Å². The fourth-order valence-corrected chi connectivity index (χ4v) is 5.88. The van der Waals surface area contributed by atoms with Crippen LogP contribution in [0.1, 0.15) is 68.9 Å². The maximum absolute atomic E-state index is 4.68. The average Bonchev–Trinajstić information content (AvgIpc) is 3.10. The van der Waals surface area contributed by atoms with E-state index in [1.165, 1.54) is 63.0 Å². The van der Waals surface area contributed by atoms with Gasteiger partial charge in [0, 0.05) is 18.4 Å². The van der Waals surface area contributed by atoms with Crippen molar-refractivity contribution in [1.29, 1.82) is 0 Å². The molecule has 102 valence electrons. The molecule has 0 atom stereocenters. The largest absolute Gasteiger partial charge is 0.317 e. The molecule has 19 heavy (non-hydrogen) atoms. The third kappa shape index (κ3) is 1.45. The minimum absolute atomic E-state index is 0.406. The van der Waals surface area contributed by atoms with Crippen LogP contribution in [-0.2, 0) is 12.5 Å². The topological polar surface area (TPSA) is 30.7 Å². The molecule has 1 aromatic heterocycles. The van der Waals surface area contributed by atoms with Gasteiger partial charge in [0.1, 0.15) is 11.6 Å². The van der Waals surface area contributed by atoms with Crippen molar-refractivity contribution >= 4 is 0 Å². The molecule has 0 aliphatic heterocycles. The molecule has 4 bridgehead atoms. The maximum Gasteiger partial charge on any atom is 0.139 e. The van der Waals surface area contributed by atoms with E-state index in [0.717, 1.165) is 23.7 Å². The van der Waals surface area contributed by atoms with Crippen LogP contribution < -0.4 is 0 Å². The summed E-state index contributed by atoms with van der Waals surface area (Å²) < 4.78 is 2.38. The molecule has 1 aromatic rings. The van der Waals surface area contributed by atoms with Gasteiger partial charge in [0.15, 0.2) is 0 Å². The maximum atomic E-state index is 4.68. The Balaban J connectivity index is 1.58. The number of hydrogen-bond donors (Lipinski definition) is 0. The van der Waals surface area contributed by atoms with Crippen molar-refractivity contribution in [1.82, 2.24) is 14.8 Å². The van der Waals surface area contributed by atoms with Gasteiger partial charge in [-0.25, -0.2) is 0 Å². The molecule has 5 fully saturated rings. The molecule has 0 radical (unpaired) electrons. The number of aromatic nitrogens is 3. The summed E-state index contributed by atoms with van der Waals surface area (Å²) in [6, 6.07) is 0. The predicted octanol–water partition coefficient (Wildman–Crippen LogP) is 3.16. The van der Waals surface area contributed by atoms with Crippen molar-refractivity contribution in [2.75, 3.05) is 0 Å². The summed E-state index contributed by atoms with van der Waals surface area (Å²) in [6.07, 6.45) is 11.4. The van der Waals surface area contributed by atoms with Gasteiger partial charge < -0.3 is 4.57 Å². The van der Waals surface area contributed by atoms with Crippen LogP contribution >= 0.6 is 0 Å². The average molecular weight is 257 g/mol. The molecule has 0 aromatic carbocycles. The molecule has 0 amide bonds. The molecule has 5 aliphatic carbocycles. The van der Waals surface area contributed by atoms with Gasteiger partial charge in [0.25, 0.3) is 0 Å². The Hall–Kier alpha value is -0.860. The van der Waals surface area contributed by atoms with Crippen molar-refractivity contribution in [3.05, 3.63) is 11.6 Å².